The third-order valence-electron chi connectivity index (χ3n) is 7.19. The lowest BCUT2D eigenvalue weighted by molar-refractivity contribution is -0.112. The maximum atomic E-state index is 13.4. The van der Waals surface area contributed by atoms with Gasteiger partial charge < -0.3 is 16.0 Å². The first-order chi connectivity index (χ1) is 18.4. The maximum Gasteiger partial charge on any atom is 0.333 e. The predicted molar refractivity (Wildman–Crippen MR) is 148 cm³/mol. The van der Waals surface area contributed by atoms with Gasteiger partial charge in [0.25, 0.3) is 5.91 Å². The quantitative estimate of drug-likeness (QED) is 0.241. The van der Waals surface area contributed by atoms with Gasteiger partial charge in [-0.25, -0.2) is 4.79 Å². The number of allylic oxidation sites excluding steroid dienone is 1. The molecule has 2 aromatic carbocycles. The minimum Gasteiger partial charge on any atom is -0.393 e. The number of imidazole rings is 1. The summed E-state index contributed by atoms with van der Waals surface area (Å²) in [5.74, 6) is -0.00759. The summed E-state index contributed by atoms with van der Waals surface area (Å²) in [7, 11) is 3.52. The highest BCUT2D eigenvalue weighted by Crippen LogP contribution is 2.33. The van der Waals surface area contributed by atoms with E-state index in [1.165, 1.54) is 6.21 Å². The molecule has 5 aromatic rings. The molecular weight excluding hydrogens is 478 g/mol. The molecule has 0 spiro atoms. The number of nitrogens with one attached hydrogen (secondary N) is 3. The van der Waals surface area contributed by atoms with Crippen LogP contribution in [0.3, 0.4) is 0 Å². The second-order valence-electron chi connectivity index (χ2n) is 9.49. The third kappa shape index (κ3) is 3.51. The lowest BCUT2D eigenvalue weighted by atomic mass is 10.0. The molecule has 1 amide bonds. The first kappa shape index (κ1) is 23.4. The zero-order valence-electron chi connectivity index (χ0n) is 21.1. The van der Waals surface area contributed by atoms with Crippen molar-refractivity contribution in [2.24, 2.45) is 7.05 Å². The van der Waals surface area contributed by atoms with Gasteiger partial charge >= 0.3 is 5.69 Å². The number of carbonyl (C=O) groups excluding carboxylic acids is 1. The fraction of sp³-hybridized carbons (Fsp3) is 0.138. The number of fused-ring (bicyclic) bond motifs is 3. The lowest BCUT2D eigenvalue weighted by Crippen LogP contribution is -2.21. The molecule has 1 unspecified atom stereocenters. The Bertz CT molecular complexity index is 1850. The number of pyridine rings is 2. The zero-order chi connectivity index (χ0) is 26.6. The summed E-state index contributed by atoms with van der Waals surface area (Å²) in [6.07, 6.45) is 6.49. The van der Waals surface area contributed by atoms with Gasteiger partial charge in [0.2, 0.25) is 0 Å². The second kappa shape index (κ2) is 8.52. The first-order valence-electron chi connectivity index (χ1n) is 12.1. The first-order valence-corrected chi connectivity index (χ1v) is 12.1. The average Bonchev–Trinajstić information content (AvgIpc) is 3.49. The monoisotopic (exact) mass is 503 g/mol. The smallest absolute Gasteiger partial charge is 0.333 e. The van der Waals surface area contributed by atoms with Gasteiger partial charge in [-0.1, -0.05) is 24.3 Å². The van der Waals surface area contributed by atoms with Crippen LogP contribution in [-0.4, -0.2) is 38.3 Å². The van der Waals surface area contributed by atoms with Crippen LogP contribution in [0.5, 0.6) is 0 Å². The van der Waals surface area contributed by atoms with Crippen molar-refractivity contribution in [2.45, 2.75) is 12.5 Å². The molecule has 9 nitrogen and oxygen atoms in total. The van der Waals surface area contributed by atoms with Crippen LogP contribution in [0.1, 0.15) is 18.2 Å². The Balaban J connectivity index is 1.50. The largest absolute Gasteiger partial charge is 0.393 e. The van der Waals surface area contributed by atoms with Gasteiger partial charge in [0.15, 0.2) is 0 Å². The van der Waals surface area contributed by atoms with Crippen molar-refractivity contribution in [3.05, 3.63) is 94.9 Å². The summed E-state index contributed by atoms with van der Waals surface area (Å²) in [5.41, 5.74) is 6.20. The lowest BCUT2D eigenvalue weighted by Gasteiger charge is -2.10. The van der Waals surface area contributed by atoms with Gasteiger partial charge in [-0.2, -0.15) is 0 Å². The number of aromatic nitrogens is 4. The van der Waals surface area contributed by atoms with E-state index in [1.807, 2.05) is 61.5 Å². The third-order valence-corrected chi connectivity index (χ3v) is 7.19. The van der Waals surface area contributed by atoms with Crippen LogP contribution in [0.2, 0.25) is 0 Å². The number of rotatable bonds is 6. The van der Waals surface area contributed by atoms with E-state index in [1.54, 1.807) is 41.8 Å². The number of nitrogens with zero attached hydrogens (tertiary/aromatic N) is 4. The van der Waals surface area contributed by atoms with E-state index < -0.39 is 5.54 Å². The molecule has 1 aliphatic rings. The van der Waals surface area contributed by atoms with Crippen molar-refractivity contribution in [3.8, 4) is 16.8 Å². The molecule has 0 saturated carbocycles. The molecule has 3 N–H and O–H groups in total. The van der Waals surface area contributed by atoms with Crippen LogP contribution in [-0.2, 0) is 17.4 Å². The Kier molecular flexibility index (Phi) is 5.23. The standard InChI is InChI=1S/C29H25N7O2/c1-29(27(37)34-29)20-6-8-21(9-7-20)36-26-22-12-17(4-11-24(22)33-16-25(26)35(3)28(36)38)18-5-10-23(32-15-18)19(13-30)14-31-2/h4-16,30-31H,1-3H3,(H,34,37)/b19-14+,30-13?. The Morgan fingerprint density at radius 1 is 1.03 bits per heavy atom. The second-order valence-corrected chi connectivity index (χ2v) is 9.49. The number of amides is 1. The number of aryl methyl sites for hydroxylation is 1. The molecular formula is C29H25N7O2. The van der Waals surface area contributed by atoms with E-state index in [2.05, 4.69) is 20.6 Å². The molecule has 38 heavy (non-hydrogen) atoms. The molecule has 1 saturated heterocycles. The normalized spacial score (nSPS) is 17.0. The zero-order valence-corrected chi connectivity index (χ0v) is 21.1. The maximum absolute atomic E-state index is 13.4. The molecule has 188 valence electrons. The number of hydrogen-bond donors (Lipinski definition) is 3. The molecule has 9 heteroatoms. The highest BCUT2D eigenvalue weighted by Gasteiger charge is 2.50. The van der Waals surface area contributed by atoms with Crippen LogP contribution in [0.15, 0.2) is 78.0 Å². The Morgan fingerprint density at radius 3 is 2.39 bits per heavy atom. The highest BCUT2D eigenvalue weighted by atomic mass is 16.2. The fourth-order valence-corrected chi connectivity index (χ4v) is 4.84. The Morgan fingerprint density at radius 2 is 1.76 bits per heavy atom. The van der Waals surface area contributed by atoms with Crippen molar-refractivity contribution >= 4 is 39.6 Å². The van der Waals surface area contributed by atoms with E-state index in [0.29, 0.717) is 17.0 Å². The molecule has 6 rings (SSSR count). The fourth-order valence-electron chi connectivity index (χ4n) is 4.84. The predicted octanol–water partition coefficient (Wildman–Crippen LogP) is 3.49. The van der Waals surface area contributed by atoms with Crippen LogP contribution < -0.4 is 16.3 Å². The van der Waals surface area contributed by atoms with Crippen LogP contribution in [0.4, 0.5) is 0 Å². The Hall–Kier alpha value is -5.05. The Labute approximate surface area is 218 Å². The van der Waals surface area contributed by atoms with E-state index >= 15 is 0 Å². The van der Waals surface area contributed by atoms with Crippen molar-refractivity contribution in [1.82, 2.24) is 29.7 Å². The van der Waals surface area contributed by atoms with Gasteiger partial charge in [-0.15, -0.1) is 0 Å². The van der Waals surface area contributed by atoms with Crippen LogP contribution in [0, 0.1) is 5.41 Å². The van der Waals surface area contributed by atoms with Crippen LogP contribution >= 0.6 is 0 Å². The number of hydrogen-bond acceptors (Lipinski definition) is 6. The summed E-state index contributed by atoms with van der Waals surface area (Å²) < 4.78 is 3.29. The van der Waals surface area contributed by atoms with Crippen molar-refractivity contribution in [2.75, 3.05) is 7.05 Å². The molecule has 0 radical (unpaired) electrons. The molecule has 4 heterocycles. The van der Waals surface area contributed by atoms with Crippen LogP contribution in [0.25, 0.3) is 44.3 Å². The summed E-state index contributed by atoms with van der Waals surface area (Å²) in [5, 5.41) is 14.2. The topological polar surface area (TPSA) is 128 Å². The molecule has 3 aromatic heterocycles. The minimum absolute atomic E-state index is 0.00759. The summed E-state index contributed by atoms with van der Waals surface area (Å²) in [6.45, 7) is 1.85. The summed E-state index contributed by atoms with van der Waals surface area (Å²) in [6, 6.07) is 17.3. The van der Waals surface area contributed by atoms with E-state index in [0.717, 1.165) is 38.6 Å². The molecule has 1 atom stereocenters. The van der Waals surface area contributed by atoms with E-state index in [9.17, 15) is 9.59 Å². The van der Waals surface area contributed by atoms with Gasteiger partial charge in [-0.05, 0) is 48.4 Å². The molecule has 1 fully saturated rings. The van der Waals surface area contributed by atoms with E-state index in [4.69, 9.17) is 5.41 Å². The minimum atomic E-state index is -0.653. The van der Waals surface area contributed by atoms with Gasteiger partial charge in [0, 0.05) is 49.2 Å². The van der Waals surface area contributed by atoms with Crippen molar-refractivity contribution in [1.29, 1.82) is 5.41 Å². The van der Waals surface area contributed by atoms with Gasteiger partial charge in [-0.3, -0.25) is 23.9 Å². The highest BCUT2D eigenvalue weighted by molar-refractivity contribution is 6.07. The van der Waals surface area contributed by atoms with Crippen molar-refractivity contribution < 1.29 is 4.79 Å². The van der Waals surface area contributed by atoms with Gasteiger partial charge in [0.05, 0.1) is 34.1 Å². The molecule has 1 aliphatic heterocycles. The van der Waals surface area contributed by atoms with Gasteiger partial charge in [0.1, 0.15) is 5.54 Å². The molecule has 0 bridgehead atoms. The number of carbonyl (C=O) groups is 1. The average molecular weight is 504 g/mol. The van der Waals surface area contributed by atoms with Crippen molar-refractivity contribution in [3.63, 3.8) is 0 Å². The SMILES string of the molecule is CN/C=C(\C=N)c1ccc(-c2ccc3ncc4c(c3c2)n(-c2ccc(C3(C)NC3=O)cc2)c(=O)n4C)cn1. The summed E-state index contributed by atoms with van der Waals surface area (Å²) >= 11 is 0. The summed E-state index contributed by atoms with van der Waals surface area (Å²) in [4.78, 5) is 34.4. The molecule has 0 aliphatic carbocycles. The number of benzene rings is 2. The van der Waals surface area contributed by atoms with E-state index in [-0.39, 0.29) is 11.6 Å².